The van der Waals surface area contributed by atoms with Gasteiger partial charge in [-0.2, -0.15) is 0 Å². The maximum absolute atomic E-state index is 4.34. The largest absolute Gasteiger partial charge is 0.370 e. The third-order valence-electron chi connectivity index (χ3n) is 2.25. The van der Waals surface area contributed by atoms with Crippen molar-refractivity contribution in [3.63, 3.8) is 0 Å². The van der Waals surface area contributed by atoms with E-state index in [1.54, 1.807) is 11.8 Å². The molecule has 2 rings (SSSR count). The van der Waals surface area contributed by atoms with Gasteiger partial charge in [0.15, 0.2) is 0 Å². The van der Waals surface area contributed by atoms with Gasteiger partial charge < -0.3 is 5.32 Å². The normalized spacial score (nSPS) is 10.2. The number of nitrogens with zero attached hydrogens (tertiary/aromatic N) is 2. The van der Waals surface area contributed by atoms with Crippen LogP contribution in [0.3, 0.4) is 0 Å². The fraction of sp³-hybridized carbons (Fsp3) is 0.231. The monoisotopic (exact) mass is 245 g/mol. The van der Waals surface area contributed by atoms with E-state index in [1.165, 1.54) is 5.56 Å². The fourth-order valence-corrected chi connectivity index (χ4v) is 2.31. The van der Waals surface area contributed by atoms with E-state index in [1.807, 2.05) is 36.7 Å². The van der Waals surface area contributed by atoms with Gasteiger partial charge in [0.05, 0.1) is 5.03 Å². The molecule has 0 fully saturated rings. The lowest BCUT2D eigenvalue weighted by Gasteiger charge is -2.08. The predicted molar refractivity (Wildman–Crippen MR) is 72.2 cm³/mol. The van der Waals surface area contributed by atoms with E-state index >= 15 is 0 Å². The molecule has 2 aromatic rings. The van der Waals surface area contributed by atoms with Crippen molar-refractivity contribution in [2.75, 3.05) is 11.9 Å². The summed E-state index contributed by atoms with van der Waals surface area (Å²) in [6, 6.07) is 10.0. The number of anilines is 1. The first kappa shape index (κ1) is 11.9. The van der Waals surface area contributed by atoms with Crippen molar-refractivity contribution in [3.05, 3.63) is 48.3 Å². The van der Waals surface area contributed by atoms with E-state index in [4.69, 9.17) is 0 Å². The van der Waals surface area contributed by atoms with E-state index in [0.29, 0.717) is 0 Å². The number of hydrogen-bond acceptors (Lipinski definition) is 4. The molecule has 0 amide bonds. The zero-order chi connectivity index (χ0) is 11.9. The van der Waals surface area contributed by atoms with Gasteiger partial charge in [-0.1, -0.05) is 12.1 Å². The molecule has 88 valence electrons. The summed E-state index contributed by atoms with van der Waals surface area (Å²) in [4.78, 5) is 8.63. The molecule has 0 aliphatic rings. The van der Waals surface area contributed by atoms with Crippen molar-refractivity contribution < 1.29 is 0 Å². The van der Waals surface area contributed by atoms with Crippen LogP contribution in [0.15, 0.2) is 47.8 Å². The molecule has 0 aliphatic carbocycles. The van der Waals surface area contributed by atoms with Gasteiger partial charge in [0.25, 0.3) is 0 Å². The molecular weight excluding hydrogens is 230 g/mol. The average molecular weight is 245 g/mol. The van der Waals surface area contributed by atoms with E-state index in [9.17, 15) is 0 Å². The molecule has 0 saturated heterocycles. The lowest BCUT2D eigenvalue weighted by molar-refractivity contribution is 1.12. The molecule has 4 heteroatoms. The summed E-state index contributed by atoms with van der Waals surface area (Å²) in [6.07, 6.45) is 3.63. The summed E-state index contributed by atoms with van der Waals surface area (Å²) in [5, 5.41) is 4.31. The molecule has 0 radical (unpaired) electrons. The summed E-state index contributed by atoms with van der Waals surface area (Å²) in [5.41, 5.74) is 1.21. The van der Waals surface area contributed by atoms with E-state index in [0.717, 1.165) is 23.1 Å². The average Bonchev–Trinajstić information content (AvgIpc) is 2.39. The van der Waals surface area contributed by atoms with Gasteiger partial charge in [0.1, 0.15) is 5.82 Å². The molecule has 0 aliphatic heterocycles. The molecule has 0 bridgehead atoms. The van der Waals surface area contributed by atoms with Gasteiger partial charge in [0.2, 0.25) is 0 Å². The minimum Gasteiger partial charge on any atom is -0.370 e. The van der Waals surface area contributed by atoms with Crippen LogP contribution in [0.4, 0.5) is 5.82 Å². The van der Waals surface area contributed by atoms with Crippen molar-refractivity contribution in [1.29, 1.82) is 0 Å². The lowest BCUT2D eigenvalue weighted by Crippen LogP contribution is -2.02. The Hall–Kier alpha value is -1.55. The Bertz CT molecular complexity index is 459. The predicted octanol–water partition coefficient (Wildman–Crippen LogP) is 3.20. The highest BCUT2D eigenvalue weighted by atomic mass is 32.2. The number of aromatic nitrogens is 2. The fourth-order valence-electron chi connectivity index (χ4n) is 1.47. The van der Waals surface area contributed by atoms with Gasteiger partial charge in [-0.25, -0.2) is 9.97 Å². The first-order chi connectivity index (χ1) is 8.40. The van der Waals surface area contributed by atoms with Crippen LogP contribution < -0.4 is 5.32 Å². The second-order valence-electron chi connectivity index (χ2n) is 3.50. The zero-order valence-electron chi connectivity index (χ0n) is 9.76. The van der Waals surface area contributed by atoms with E-state index in [2.05, 4.69) is 28.3 Å². The third-order valence-corrected chi connectivity index (χ3v) is 3.24. The highest BCUT2D eigenvalue weighted by molar-refractivity contribution is 7.98. The van der Waals surface area contributed by atoms with Crippen molar-refractivity contribution in [2.24, 2.45) is 0 Å². The highest BCUT2D eigenvalue weighted by Crippen LogP contribution is 2.23. The maximum atomic E-state index is 4.34. The molecule has 1 N–H and O–H groups in total. The first-order valence-corrected chi connectivity index (χ1v) is 6.60. The number of hydrogen-bond donors (Lipinski definition) is 1. The van der Waals surface area contributed by atoms with Crippen molar-refractivity contribution in [2.45, 2.75) is 17.7 Å². The van der Waals surface area contributed by atoms with E-state index < -0.39 is 0 Å². The Kier molecular flexibility index (Phi) is 4.38. The topological polar surface area (TPSA) is 37.8 Å². The van der Waals surface area contributed by atoms with Crippen molar-refractivity contribution >= 4 is 17.6 Å². The molecule has 0 unspecified atom stereocenters. The minimum absolute atomic E-state index is 0.882. The molecule has 3 nitrogen and oxygen atoms in total. The minimum atomic E-state index is 0.882. The Balaban J connectivity index is 2.03. The van der Waals surface area contributed by atoms with Crippen molar-refractivity contribution in [1.82, 2.24) is 9.97 Å². The van der Waals surface area contributed by atoms with Crippen LogP contribution in [0, 0.1) is 0 Å². The van der Waals surface area contributed by atoms with Crippen LogP contribution in [0.5, 0.6) is 0 Å². The standard InChI is InChI=1S/C13H15N3S/c1-2-14-13-11(6-5-9-16-13)10-17-12-7-3-4-8-15-12/h3-9H,2,10H2,1H3,(H,14,16). The maximum Gasteiger partial charge on any atom is 0.129 e. The SMILES string of the molecule is CCNc1ncccc1CSc1ccccn1. The Morgan fingerprint density at radius 2 is 2.00 bits per heavy atom. The zero-order valence-corrected chi connectivity index (χ0v) is 10.6. The van der Waals surface area contributed by atoms with Crippen LogP contribution in [0.2, 0.25) is 0 Å². The second-order valence-corrected chi connectivity index (χ2v) is 4.49. The summed E-state index contributed by atoms with van der Waals surface area (Å²) in [7, 11) is 0. The van der Waals surface area contributed by atoms with Gasteiger partial charge in [-0.05, 0) is 25.1 Å². The Morgan fingerprint density at radius 1 is 1.12 bits per heavy atom. The summed E-state index contributed by atoms with van der Waals surface area (Å²) in [5.74, 6) is 1.85. The molecule has 0 aromatic carbocycles. The lowest BCUT2D eigenvalue weighted by atomic mass is 10.3. The molecular formula is C13H15N3S. The van der Waals surface area contributed by atoms with E-state index in [-0.39, 0.29) is 0 Å². The first-order valence-electron chi connectivity index (χ1n) is 5.61. The van der Waals surface area contributed by atoms with Crippen LogP contribution >= 0.6 is 11.8 Å². The van der Waals surface area contributed by atoms with Gasteiger partial charge in [-0.15, -0.1) is 11.8 Å². The highest BCUT2D eigenvalue weighted by Gasteiger charge is 2.03. The molecule has 2 heterocycles. The molecule has 0 saturated carbocycles. The molecule has 0 spiro atoms. The summed E-state index contributed by atoms with van der Waals surface area (Å²) < 4.78 is 0. The van der Waals surface area contributed by atoms with Crippen LogP contribution in [-0.2, 0) is 5.75 Å². The van der Waals surface area contributed by atoms with Gasteiger partial charge in [0, 0.05) is 30.3 Å². The molecule has 17 heavy (non-hydrogen) atoms. The molecule has 0 atom stereocenters. The Labute approximate surface area is 106 Å². The number of nitrogens with one attached hydrogen (secondary N) is 1. The second kappa shape index (κ2) is 6.25. The van der Waals surface area contributed by atoms with Gasteiger partial charge in [-0.3, -0.25) is 0 Å². The van der Waals surface area contributed by atoms with Gasteiger partial charge >= 0.3 is 0 Å². The summed E-state index contributed by atoms with van der Waals surface area (Å²) >= 11 is 1.72. The van der Waals surface area contributed by atoms with Crippen LogP contribution in [-0.4, -0.2) is 16.5 Å². The Morgan fingerprint density at radius 3 is 2.76 bits per heavy atom. The molecule has 2 aromatic heterocycles. The summed E-state index contributed by atoms with van der Waals surface area (Å²) in [6.45, 7) is 2.96. The third kappa shape index (κ3) is 3.46. The number of thioether (sulfide) groups is 1. The number of rotatable bonds is 5. The number of pyridine rings is 2. The van der Waals surface area contributed by atoms with Crippen LogP contribution in [0.25, 0.3) is 0 Å². The smallest absolute Gasteiger partial charge is 0.129 e. The van der Waals surface area contributed by atoms with Crippen molar-refractivity contribution in [3.8, 4) is 0 Å². The van der Waals surface area contributed by atoms with Crippen LogP contribution in [0.1, 0.15) is 12.5 Å². The quantitative estimate of drug-likeness (QED) is 0.821.